The third-order valence-corrected chi connectivity index (χ3v) is 12.6. The molecular weight excluding hydrogens is 719 g/mol. The maximum atomic E-state index is 2.36. The van der Waals surface area contributed by atoms with E-state index in [4.69, 9.17) is 0 Å². The first kappa shape index (κ1) is 34.0. The Labute approximate surface area is 342 Å². The summed E-state index contributed by atoms with van der Waals surface area (Å²) in [6.07, 6.45) is 0. The van der Waals surface area contributed by atoms with Crippen molar-refractivity contribution in [3.05, 3.63) is 224 Å². The first-order valence-corrected chi connectivity index (χ1v) is 20.6. The Kier molecular flexibility index (Phi) is 8.42. The third-order valence-electron chi connectivity index (χ3n) is 11.5. The predicted octanol–water partition coefficient (Wildman–Crippen LogP) is 16.5. The summed E-state index contributed by atoms with van der Waals surface area (Å²) in [6, 6.07) is 81.9. The molecule has 0 radical (unpaired) electrons. The van der Waals surface area contributed by atoms with Gasteiger partial charge in [0.15, 0.2) is 0 Å². The molecule has 58 heavy (non-hydrogen) atoms. The van der Waals surface area contributed by atoms with Crippen molar-refractivity contribution in [2.45, 2.75) is 0 Å². The van der Waals surface area contributed by atoms with E-state index < -0.39 is 0 Å². The van der Waals surface area contributed by atoms with Crippen LogP contribution in [0.1, 0.15) is 0 Å². The van der Waals surface area contributed by atoms with Crippen LogP contribution < -0.4 is 4.90 Å². The van der Waals surface area contributed by atoms with Gasteiger partial charge in [-0.1, -0.05) is 176 Å². The summed E-state index contributed by atoms with van der Waals surface area (Å²) in [5.41, 5.74) is 13.1. The van der Waals surface area contributed by atoms with Crippen LogP contribution in [0, 0.1) is 0 Å². The molecule has 272 valence electrons. The van der Waals surface area contributed by atoms with Gasteiger partial charge in [0.25, 0.3) is 0 Å². The molecule has 0 atom stereocenters. The minimum Gasteiger partial charge on any atom is -0.311 e. The van der Waals surface area contributed by atoms with Crippen molar-refractivity contribution >= 4 is 70.1 Å². The quantitative estimate of drug-likeness (QED) is 0.157. The van der Waals surface area contributed by atoms with Crippen molar-refractivity contribution in [2.75, 3.05) is 4.90 Å². The normalized spacial score (nSPS) is 11.4. The van der Waals surface area contributed by atoms with Crippen molar-refractivity contribution in [1.29, 1.82) is 0 Å². The summed E-state index contributed by atoms with van der Waals surface area (Å²) in [5.74, 6) is 0. The molecule has 1 nitrogen and oxygen atoms in total. The Morgan fingerprint density at radius 1 is 0.259 bits per heavy atom. The highest BCUT2D eigenvalue weighted by molar-refractivity contribution is 7.25. The molecule has 1 aromatic heterocycles. The molecule has 0 aliphatic carbocycles. The van der Waals surface area contributed by atoms with Gasteiger partial charge in [-0.15, -0.1) is 11.3 Å². The fraction of sp³-hybridized carbons (Fsp3) is 0. The van der Waals surface area contributed by atoms with Gasteiger partial charge in [-0.3, -0.25) is 0 Å². The van der Waals surface area contributed by atoms with E-state index >= 15 is 0 Å². The van der Waals surface area contributed by atoms with E-state index in [2.05, 4.69) is 229 Å². The molecule has 2 heteroatoms. The molecule has 1 heterocycles. The number of hydrogen-bond donors (Lipinski definition) is 0. The van der Waals surface area contributed by atoms with E-state index in [9.17, 15) is 0 Å². The first-order chi connectivity index (χ1) is 28.7. The van der Waals surface area contributed by atoms with Gasteiger partial charge in [0.2, 0.25) is 0 Å². The molecule has 0 aliphatic rings. The first-order valence-electron chi connectivity index (χ1n) is 19.8. The Morgan fingerprint density at radius 2 is 0.638 bits per heavy atom. The molecule has 11 aromatic rings. The molecule has 11 rings (SSSR count). The molecule has 0 saturated carbocycles. The van der Waals surface area contributed by atoms with Gasteiger partial charge in [-0.2, -0.15) is 0 Å². The van der Waals surface area contributed by atoms with Crippen molar-refractivity contribution in [3.8, 4) is 44.5 Å². The molecule has 0 spiro atoms. The summed E-state index contributed by atoms with van der Waals surface area (Å²) in [5, 5.41) is 7.70. The van der Waals surface area contributed by atoms with Gasteiger partial charge < -0.3 is 4.90 Å². The summed E-state index contributed by atoms with van der Waals surface area (Å²) >= 11 is 1.86. The minimum atomic E-state index is 1.11. The lowest BCUT2D eigenvalue weighted by molar-refractivity contribution is 1.28. The summed E-state index contributed by atoms with van der Waals surface area (Å²) < 4.78 is 2.65. The molecule has 0 saturated heterocycles. The molecule has 0 unspecified atom stereocenters. The molecular formula is C56H37NS. The molecule has 0 bridgehead atoms. The minimum absolute atomic E-state index is 1.11. The second-order valence-corrected chi connectivity index (χ2v) is 16.0. The summed E-state index contributed by atoms with van der Waals surface area (Å²) in [6.45, 7) is 0. The molecule has 10 aromatic carbocycles. The maximum absolute atomic E-state index is 2.36. The number of benzene rings is 10. The summed E-state index contributed by atoms with van der Waals surface area (Å²) in [4.78, 5) is 2.36. The molecule has 0 amide bonds. The van der Waals surface area contributed by atoms with Gasteiger partial charge in [-0.05, 0) is 115 Å². The van der Waals surface area contributed by atoms with E-state index in [1.165, 1.54) is 86.2 Å². The monoisotopic (exact) mass is 755 g/mol. The van der Waals surface area contributed by atoms with Crippen molar-refractivity contribution in [3.63, 3.8) is 0 Å². The van der Waals surface area contributed by atoms with E-state index in [-0.39, 0.29) is 0 Å². The van der Waals surface area contributed by atoms with E-state index in [0.717, 1.165) is 17.1 Å². The van der Waals surface area contributed by atoms with Gasteiger partial charge in [0, 0.05) is 37.2 Å². The van der Waals surface area contributed by atoms with Crippen LogP contribution >= 0.6 is 11.3 Å². The van der Waals surface area contributed by atoms with Crippen LogP contribution in [0.25, 0.3) is 86.2 Å². The second kappa shape index (κ2) is 14.4. The Balaban J connectivity index is 0.941. The highest BCUT2D eigenvalue weighted by Crippen LogP contribution is 2.40. The van der Waals surface area contributed by atoms with Crippen LogP contribution in [0.2, 0.25) is 0 Å². The lowest BCUT2D eigenvalue weighted by atomic mass is 9.96. The number of nitrogens with zero attached hydrogens (tertiary/aromatic N) is 1. The van der Waals surface area contributed by atoms with E-state index in [1.807, 2.05) is 11.3 Å². The average molecular weight is 756 g/mol. The maximum Gasteiger partial charge on any atom is 0.0462 e. The van der Waals surface area contributed by atoms with Crippen LogP contribution in [-0.4, -0.2) is 0 Å². The highest BCUT2D eigenvalue weighted by Gasteiger charge is 2.15. The van der Waals surface area contributed by atoms with Gasteiger partial charge in [0.1, 0.15) is 0 Å². The number of thiophene rings is 1. The van der Waals surface area contributed by atoms with Gasteiger partial charge in [-0.25, -0.2) is 0 Å². The topological polar surface area (TPSA) is 3.24 Å². The van der Waals surface area contributed by atoms with Gasteiger partial charge >= 0.3 is 0 Å². The Bertz CT molecular complexity index is 3240. The lowest BCUT2D eigenvalue weighted by Gasteiger charge is -2.26. The van der Waals surface area contributed by atoms with Gasteiger partial charge in [0.05, 0.1) is 0 Å². The zero-order valence-electron chi connectivity index (χ0n) is 31.7. The van der Waals surface area contributed by atoms with Crippen LogP contribution in [0.4, 0.5) is 17.1 Å². The van der Waals surface area contributed by atoms with Crippen LogP contribution in [0.5, 0.6) is 0 Å². The smallest absolute Gasteiger partial charge is 0.0462 e. The third kappa shape index (κ3) is 6.12. The SMILES string of the molecule is c1ccc2c(-c3ccc(-c4ccc(N(c5ccc(-c6ccc7c(c6)sc6ccccc67)cc5)c5ccc(-c6cccc7ccccc67)cc5)cc4)cc3)cccc2c1. The second-order valence-electron chi connectivity index (χ2n) is 14.9. The fourth-order valence-corrected chi connectivity index (χ4v) is 9.69. The standard InChI is InChI=1S/C56H37NS/c1-3-13-49-41(9-1)11-7-16-51(49)43-21-19-38(20-22-43)39-23-30-46(31-24-39)57(48-34-27-44(28-35-48)52-17-8-12-42-10-2-4-14-50(42)52)47-32-25-40(26-33-47)45-29-36-54-53-15-5-6-18-55(53)58-56(54)37-45/h1-37H. The largest absolute Gasteiger partial charge is 0.311 e. The van der Waals surface area contributed by atoms with Crippen LogP contribution in [0.3, 0.4) is 0 Å². The average Bonchev–Trinajstić information content (AvgIpc) is 3.68. The predicted molar refractivity (Wildman–Crippen MR) is 251 cm³/mol. The van der Waals surface area contributed by atoms with Crippen molar-refractivity contribution in [2.24, 2.45) is 0 Å². The lowest BCUT2D eigenvalue weighted by Crippen LogP contribution is -2.09. The number of fused-ring (bicyclic) bond motifs is 5. The van der Waals surface area contributed by atoms with Crippen LogP contribution in [0.15, 0.2) is 224 Å². The van der Waals surface area contributed by atoms with Crippen LogP contribution in [-0.2, 0) is 0 Å². The highest BCUT2D eigenvalue weighted by atomic mass is 32.1. The molecule has 0 N–H and O–H groups in total. The number of rotatable bonds is 7. The molecule has 0 aliphatic heterocycles. The zero-order valence-corrected chi connectivity index (χ0v) is 32.5. The summed E-state index contributed by atoms with van der Waals surface area (Å²) in [7, 11) is 0. The van der Waals surface area contributed by atoms with Crippen molar-refractivity contribution < 1.29 is 0 Å². The number of hydrogen-bond acceptors (Lipinski definition) is 2. The molecule has 0 fully saturated rings. The van der Waals surface area contributed by atoms with Crippen molar-refractivity contribution in [1.82, 2.24) is 0 Å². The Hall–Kier alpha value is -7.26. The van der Waals surface area contributed by atoms with E-state index in [1.54, 1.807) is 0 Å². The van der Waals surface area contributed by atoms with E-state index in [0.29, 0.717) is 0 Å². The Morgan fingerprint density at radius 3 is 1.19 bits per heavy atom. The zero-order chi connectivity index (χ0) is 38.4. The fourth-order valence-electron chi connectivity index (χ4n) is 8.55. The number of anilines is 3.